The van der Waals surface area contributed by atoms with Gasteiger partial charge in [-0.15, -0.1) is 0 Å². The first-order chi connectivity index (χ1) is 13.2. The Labute approximate surface area is 166 Å². The van der Waals surface area contributed by atoms with E-state index in [0.717, 1.165) is 29.0 Å². The third-order valence-electron chi connectivity index (χ3n) is 4.82. The second-order valence-corrected chi connectivity index (χ2v) is 9.17. The fourth-order valence-electron chi connectivity index (χ4n) is 2.93. The minimum absolute atomic E-state index is 0.00536. The summed E-state index contributed by atoms with van der Waals surface area (Å²) in [4.78, 5) is 26.9. The molecule has 1 aliphatic rings. The van der Waals surface area contributed by atoms with Gasteiger partial charge in [-0.2, -0.15) is 4.31 Å². The maximum Gasteiger partial charge on any atom is 0.242 e. The van der Waals surface area contributed by atoms with Gasteiger partial charge in [0.1, 0.15) is 6.04 Å². The fourth-order valence-corrected chi connectivity index (χ4v) is 3.27. The third-order valence-corrected chi connectivity index (χ3v) is 6.08. The van der Waals surface area contributed by atoms with Crippen molar-refractivity contribution in [2.24, 2.45) is 0 Å². The number of hydrogen-bond donors (Lipinski definition) is 1. The van der Waals surface area contributed by atoms with Crippen LogP contribution < -0.4 is 5.32 Å². The first-order valence-corrected chi connectivity index (χ1v) is 11.2. The molecule has 28 heavy (non-hydrogen) atoms. The number of benzene rings is 1. The Kier molecular flexibility index (Phi) is 7.97. The lowest BCUT2D eigenvalue weighted by atomic mass is 10.1. The number of nitrogens with zero attached hydrogens (tertiary/aromatic N) is 2. The largest absolute Gasteiger partial charge is 0.376 e. The lowest BCUT2D eigenvalue weighted by molar-refractivity contribution is -0.140. The number of nitrogens with one attached hydrogen (secondary N) is 1. The molecule has 1 N–H and O–H groups in total. The summed E-state index contributed by atoms with van der Waals surface area (Å²) >= 11 is 0. The molecule has 2 atom stereocenters. The molecule has 1 fully saturated rings. The van der Waals surface area contributed by atoms with E-state index >= 15 is 0 Å². The molecule has 1 heterocycles. The molecule has 1 aromatic carbocycles. The fraction of sp³-hybridized carbons (Fsp3) is 0.579. The lowest BCUT2D eigenvalue weighted by Crippen LogP contribution is -2.51. The molecule has 0 spiro atoms. The zero-order chi connectivity index (χ0) is 20.7. The smallest absolute Gasteiger partial charge is 0.242 e. The van der Waals surface area contributed by atoms with Crippen LogP contribution >= 0.6 is 0 Å². The van der Waals surface area contributed by atoms with Gasteiger partial charge in [0.2, 0.25) is 21.8 Å². The van der Waals surface area contributed by atoms with Crippen LogP contribution in [0.3, 0.4) is 0 Å². The zero-order valence-electron chi connectivity index (χ0n) is 16.6. The van der Waals surface area contributed by atoms with E-state index in [4.69, 9.17) is 4.74 Å². The average Bonchev–Trinajstić information content (AvgIpc) is 3.17. The van der Waals surface area contributed by atoms with Crippen molar-refractivity contribution in [2.45, 2.75) is 38.5 Å². The van der Waals surface area contributed by atoms with Crippen LogP contribution in [0.4, 0.5) is 0 Å². The Hall–Kier alpha value is -1.97. The topological polar surface area (TPSA) is 96.0 Å². The maximum absolute atomic E-state index is 12.8. The summed E-state index contributed by atoms with van der Waals surface area (Å²) in [6.45, 7) is 2.64. The standard InChI is InChI=1S/C19H29N3O5S/c1-15(19(24)20-12-17-10-7-11-27-17)22(13-16-8-5-4-6-9-16)18(23)14-21(2)28(3,25)26/h4-6,8-9,15,17H,7,10-14H2,1-3H3,(H,20,24)/t15-,17+/m1/s1. The highest BCUT2D eigenvalue weighted by atomic mass is 32.2. The van der Waals surface area contributed by atoms with Crippen molar-refractivity contribution < 1.29 is 22.7 Å². The minimum atomic E-state index is -3.50. The number of rotatable bonds is 9. The molecule has 0 unspecified atom stereocenters. The predicted molar refractivity (Wildman–Crippen MR) is 106 cm³/mol. The van der Waals surface area contributed by atoms with Crippen LogP contribution in [-0.4, -0.2) is 74.6 Å². The highest BCUT2D eigenvalue weighted by Gasteiger charge is 2.29. The van der Waals surface area contributed by atoms with Crippen LogP contribution in [0.1, 0.15) is 25.3 Å². The van der Waals surface area contributed by atoms with Gasteiger partial charge in [0.05, 0.1) is 18.9 Å². The number of ether oxygens (including phenoxy) is 1. The van der Waals surface area contributed by atoms with E-state index in [2.05, 4.69) is 5.32 Å². The number of carbonyl (C=O) groups is 2. The van der Waals surface area contributed by atoms with E-state index in [1.165, 1.54) is 11.9 Å². The third kappa shape index (κ3) is 6.57. The SMILES string of the molecule is C[C@H](C(=O)NC[C@@H]1CCCO1)N(Cc1ccccc1)C(=O)CN(C)S(C)(=O)=O. The molecule has 1 aromatic rings. The van der Waals surface area contributed by atoms with Crippen LogP contribution in [-0.2, 0) is 30.9 Å². The van der Waals surface area contributed by atoms with Crippen molar-refractivity contribution in [1.82, 2.24) is 14.5 Å². The Morgan fingerprint density at radius 2 is 1.96 bits per heavy atom. The number of sulfonamides is 1. The number of carbonyl (C=O) groups excluding carboxylic acids is 2. The molecule has 2 amide bonds. The van der Waals surface area contributed by atoms with Crippen LogP contribution in [0.15, 0.2) is 30.3 Å². The molecule has 1 aliphatic heterocycles. The van der Waals surface area contributed by atoms with Crippen molar-refractivity contribution in [1.29, 1.82) is 0 Å². The number of likely N-dealkylation sites (N-methyl/N-ethyl adjacent to an activating group) is 1. The van der Waals surface area contributed by atoms with Gasteiger partial charge in [0.15, 0.2) is 0 Å². The van der Waals surface area contributed by atoms with Crippen molar-refractivity contribution in [3.05, 3.63) is 35.9 Å². The first kappa shape index (κ1) is 22.3. The summed E-state index contributed by atoms with van der Waals surface area (Å²) in [6, 6.07) is 8.54. The van der Waals surface area contributed by atoms with Gasteiger partial charge in [-0.25, -0.2) is 8.42 Å². The van der Waals surface area contributed by atoms with Gasteiger partial charge in [-0.3, -0.25) is 9.59 Å². The van der Waals surface area contributed by atoms with E-state index in [-0.39, 0.29) is 25.1 Å². The van der Waals surface area contributed by atoms with E-state index in [1.54, 1.807) is 6.92 Å². The molecular weight excluding hydrogens is 382 g/mol. The van der Waals surface area contributed by atoms with E-state index in [9.17, 15) is 18.0 Å². The summed E-state index contributed by atoms with van der Waals surface area (Å²) in [5, 5.41) is 2.84. The Bertz CT molecular complexity index is 763. The molecule has 0 saturated carbocycles. The van der Waals surface area contributed by atoms with Crippen molar-refractivity contribution in [3.63, 3.8) is 0 Å². The van der Waals surface area contributed by atoms with E-state index < -0.39 is 22.0 Å². The van der Waals surface area contributed by atoms with Gasteiger partial charge in [0, 0.05) is 26.7 Å². The number of hydrogen-bond acceptors (Lipinski definition) is 5. The highest BCUT2D eigenvalue weighted by Crippen LogP contribution is 2.13. The molecule has 1 saturated heterocycles. The van der Waals surface area contributed by atoms with Crippen LogP contribution in [0.25, 0.3) is 0 Å². The summed E-state index contributed by atoms with van der Waals surface area (Å²) in [5.41, 5.74) is 0.858. The summed E-state index contributed by atoms with van der Waals surface area (Å²) in [7, 11) is -2.16. The van der Waals surface area contributed by atoms with Crippen molar-refractivity contribution >= 4 is 21.8 Å². The molecule has 0 aromatic heterocycles. The second-order valence-electron chi connectivity index (χ2n) is 7.08. The molecule has 0 radical (unpaired) electrons. The van der Waals surface area contributed by atoms with Crippen LogP contribution in [0.2, 0.25) is 0 Å². The van der Waals surface area contributed by atoms with Crippen LogP contribution in [0.5, 0.6) is 0 Å². The maximum atomic E-state index is 12.8. The normalized spacial score (nSPS) is 18.1. The predicted octanol–water partition coefficient (Wildman–Crippen LogP) is 0.590. The van der Waals surface area contributed by atoms with Gasteiger partial charge < -0.3 is 15.0 Å². The van der Waals surface area contributed by atoms with Gasteiger partial charge in [-0.05, 0) is 25.3 Å². The summed E-state index contributed by atoms with van der Waals surface area (Å²) in [5.74, 6) is -0.724. The molecular formula is C19H29N3O5S. The monoisotopic (exact) mass is 411 g/mol. The van der Waals surface area contributed by atoms with E-state index in [1.807, 2.05) is 30.3 Å². The molecule has 9 heteroatoms. The molecule has 0 bridgehead atoms. The van der Waals surface area contributed by atoms with Crippen LogP contribution in [0, 0.1) is 0 Å². The quantitative estimate of drug-likeness (QED) is 0.642. The lowest BCUT2D eigenvalue weighted by Gasteiger charge is -2.30. The Morgan fingerprint density at radius 1 is 1.29 bits per heavy atom. The zero-order valence-corrected chi connectivity index (χ0v) is 17.4. The van der Waals surface area contributed by atoms with Gasteiger partial charge in [0.25, 0.3) is 0 Å². The Balaban J connectivity index is 2.09. The van der Waals surface area contributed by atoms with Crippen molar-refractivity contribution in [2.75, 3.05) is 33.0 Å². The average molecular weight is 412 g/mol. The Morgan fingerprint density at radius 3 is 2.54 bits per heavy atom. The van der Waals surface area contributed by atoms with Crippen molar-refractivity contribution in [3.8, 4) is 0 Å². The number of amides is 2. The van der Waals surface area contributed by atoms with Gasteiger partial charge >= 0.3 is 0 Å². The highest BCUT2D eigenvalue weighted by molar-refractivity contribution is 7.88. The minimum Gasteiger partial charge on any atom is -0.376 e. The summed E-state index contributed by atoms with van der Waals surface area (Å²) in [6.07, 6.45) is 2.93. The van der Waals surface area contributed by atoms with Gasteiger partial charge in [-0.1, -0.05) is 30.3 Å². The second kappa shape index (κ2) is 9.99. The van der Waals surface area contributed by atoms with E-state index in [0.29, 0.717) is 13.2 Å². The molecule has 0 aliphatic carbocycles. The molecule has 8 nitrogen and oxygen atoms in total. The molecule has 2 rings (SSSR count). The molecule has 156 valence electrons. The summed E-state index contributed by atoms with van der Waals surface area (Å²) < 4.78 is 29.8. The first-order valence-electron chi connectivity index (χ1n) is 9.32.